The summed E-state index contributed by atoms with van der Waals surface area (Å²) >= 11 is 0. The quantitative estimate of drug-likeness (QED) is 0.548. The van der Waals surface area contributed by atoms with Gasteiger partial charge in [0, 0.05) is 44.7 Å². The maximum absolute atomic E-state index is 13.1. The summed E-state index contributed by atoms with van der Waals surface area (Å²) in [6.45, 7) is 7.82. The summed E-state index contributed by atoms with van der Waals surface area (Å²) in [7, 11) is 1.65. The maximum Gasteiger partial charge on any atom is 0.242 e. The molecule has 2 aromatic rings. The van der Waals surface area contributed by atoms with Gasteiger partial charge in [-0.25, -0.2) is 0 Å². The lowest BCUT2D eigenvalue weighted by Crippen LogP contribution is -2.45. The number of hydrogen-bond donors (Lipinski definition) is 0. The van der Waals surface area contributed by atoms with Crippen LogP contribution in [0, 0.1) is 11.8 Å². The number of benzene rings is 1. The van der Waals surface area contributed by atoms with Gasteiger partial charge in [0.1, 0.15) is 5.75 Å². The largest absolute Gasteiger partial charge is 0.497 e. The van der Waals surface area contributed by atoms with Gasteiger partial charge in [-0.2, -0.15) is 0 Å². The van der Waals surface area contributed by atoms with E-state index in [-0.39, 0.29) is 18.4 Å². The second-order valence-electron chi connectivity index (χ2n) is 10.0. The van der Waals surface area contributed by atoms with Gasteiger partial charge >= 0.3 is 0 Å². The van der Waals surface area contributed by atoms with Crippen molar-refractivity contribution >= 4 is 17.6 Å². The molecular formula is C27H37N5O3. The van der Waals surface area contributed by atoms with Gasteiger partial charge in [-0.05, 0) is 55.4 Å². The van der Waals surface area contributed by atoms with Crippen LogP contribution >= 0.6 is 0 Å². The minimum atomic E-state index is 0.0454. The molecule has 1 aromatic carbocycles. The highest BCUT2D eigenvalue weighted by Crippen LogP contribution is 2.30. The fraction of sp³-hybridized carbons (Fsp3) is 0.556. The van der Waals surface area contributed by atoms with E-state index < -0.39 is 0 Å². The number of methoxy groups -OCH3 is 1. The third-order valence-electron chi connectivity index (χ3n) is 6.63. The van der Waals surface area contributed by atoms with Gasteiger partial charge in [0.2, 0.25) is 11.8 Å². The van der Waals surface area contributed by atoms with Gasteiger partial charge in [0.25, 0.3) is 0 Å². The SMILES string of the molecule is COc1cccc(-c2ccc(N3CCCN(C(=O)CN(CC4CC4)C(=O)CC(C)C)CC3)nn2)c1. The van der Waals surface area contributed by atoms with Crippen molar-refractivity contribution in [1.29, 1.82) is 0 Å². The van der Waals surface area contributed by atoms with Crippen LogP contribution in [0.3, 0.4) is 0 Å². The van der Waals surface area contributed by atoms with Crippen LogP contribution in [-0.4, -0.2) is 78.2 Å². The van der Waals surface area contributed by atoms with Crippen molar-refractivity contribution in [3.8, 4) is 17.0 Å². The number of nitrogens with zero attached hydrogens (tertiary/aromatic N) is 5. The molecule has 2 fully saturated rings. The fourth-order valence-electron chi connectivity index (χ4n) is 4.43. The van der Waals surface area contributed by atoms with Crippen molar-refractivity contribution in [3.63, 3.8) is 0 Å². The highest BCUT2D eigenvalue weighted by molar-refractivity contribution is 5.85. The zero-order valence-corrected chi connectivity index (χ0v) is 21.2. The van der Waals surface area contributed by atoms with Crippen molar-refractivity contribution in [2.75, 3.05) is 51.3 Å². The lowest BCUT2D eigenvalue weighted by molar-refractivity contribution is -0.141. The van der Waals surface area contributed by atoms with Crippen LogP contribution in [0.15, 0.2) is 36.4 Å². The third-order valence-corrected chi connectivity index (χ3v) is 6.63. The Morgan fingerprint density at radius 2 is 1.91 bits per heavy atom. The van der Waals surface area contributed by atoms with Gasteiger partial charge in [0.05, 0.1) is 19.3 Å². The Morgan fingerprint density at radius 1 is 1.09 bits per heavy atom. The van der Waals surface area contributed by atoms with Crippen LogP contribution in [0.2, 0.25) is 0 Å². The normalized spacial score (nSPS) is 16.2. The summed E-state index contributed by atoms with van der Waals surface area (Å²) in [5.41, 5.74) is 1.75. The van der Waals surface area contributed by atoms with E-state index >= 15 is 0 Å². The van der Waals surface area contributed by atoms with E-state index in [1.54, 1.807) is 12.0 Å². The van der Waals surface area contributed by atoms with Crippen molar-refractivity contribution in [2.45, 2.75) is 39.5 Å². The van der Waals surface area contributed by atoms with Crippen molar-refractivity contribution in [2.24, 2.45) is 11.8 Å². The van der Waals surface area contributed by atoms with E-state index in [2.05, 4.69) is 15.1 Å². The van der Waals surface area contributed by atoms with Crippen molar-refractivity contribution in [1.82, 2.24) is 20.0 Å². The summed E-state index contributed by atoms with van der Waals surface area (Å²) in [4.78, 5) is 31.7. The molecule has 1 aromatic heterocycles. The minimum Gasteiger partial charge on any atom is -0.497 e. The number of ether oxygens (including phenoxy) is 1. The molecule has 188 valence electrons. The summed E-state index contributed by atoms with van der Waals surface area (Å²) in [6, 6.07) is 11.7. The molecule has 0 unspecified atom stereocenters. The van der Waals surface area contributed by atoms with Gasteiger partial charge < -0.3 is 19.4 Å². The lowest BCUT2D eigenvalue weighted by Gasteiger charge is -2.27. The Hall–Kier alpha value is -3.16. The van der Waals surface area contributed by atoms with E-state index in [1.807, 2.05) is 55.1 Å². The molecule has 4 rings (SSSR count). The highest BCUT2D eigenvalue weighted by Gasteiger charge is 2.30. The topological polar surface area (TPSA) is 78.9 Å². The van der Waals surface area contributed by atoms with Gasteiger partial charge in [0.15, 0.2) is 5.82 Å². The number of carbonyl (C=O) groups excluding carboxylic acids is 2. The molecule has 35 heavy (non-hydrogen) atoms. The molecule has 1 aliphatic heterocycles. The minimum absolute atomic E-state index is 0.0454. The first-order valence-electron chi connectivity index (χ1n) is 12.7. The number of hydrogen-bond acceptors (Lipinski definition) is 6. The highest BCUT2D eigenvalue weighted by atomic mass is 16.5. The second-order valence-corrected chi connectivity index (χ2v) is 10.0. The van der Waals surface area contributed by atoms with Crippen LogP contribution in [0.1, 0.15) is 39.5 Å². The monoisotopic (exact) mass is 479 g/mol. The first-order valence-corrected chi connectivity index (χ1v) is 12.7. The number of anilines is 1. The van der Waals surface area contributed by atoms with Crippen LogP contribution in [0.4, 0.5) is 5.82 Å². The van der Waals surface area contributed by atoms with Gasteiger partial charge in [-0.1, -0.05) is 26.0 Å². The molecule has 2 heterocycles. The van der Waals surface area contributed by atoms with Crippen LogP contribution in [-0.2, 0) is 9.59 Å². The Kier molecular flexibility index (Phi) is 8.21. The molecule has 0 N–H and O–H groups in total. The van der Waals surface area contributed by atoms with Crippen LogP contribution in [0.25, 0.3) is 11.3 Å². The molecule has 0 spiro atoms. The zero-order chi connectivity index (χ0) is 24.8. The number of amides is 2. The lowest BCUT2D eigenvalue weighted by atomic mass is 10.1. The number of rotatable bonds is 9. The maximum atomic E-state index is 13.1. The molecule has 0 radical (unpaired) electrons. The van der Waals surface area contributed by atoms with E-state index in [1.165, 1.54) is 0 Å². The van der Waals surface area contributed by atoms with Gasteiger partial charge in [-0.3, -0.25) is 9.59 Å². The van der Waals surface area contributed by atoms with Gasteiger partial charge in [-0.15, -0.1) is 10.2 Å². The standard InChI is InChI=1S/C27H37N5O3/c1-20(2)16-26(33)32(18-21-8-9-21)19-27(34)31-13-5-12-30(14-15-31)25-11-10-24(28-29-25)22-6-4-7-23(17-22)35-3/h4,6-7,10-11,17,20-21H,5,8-9,12-16,18-19H2,1-3H3. The predicted molar refractivity (Wildman–Crippen MR) is 136 cm³/mol. The molecule has 2 amide bonds. The summed E-state index contributed by atoms with van der Waals surface area (Å²) < 4.78 is 5.30. The van der Waals surface area contributed by atoms with E-state index in [9.17, 15) is 9.59 Å². The molecule has 2 aliphatic rings. The predicted octanol–water partition coefficient (Wildman–Crippen LogP) is 3.48. The first kappa shape index (κ1) is 24.9. The smallest absolute Gasteiger partial charge is 0.242 e. The molecule has 8 heteroatoms. The molecule has 0 bridgehead atoms. The molecule has 1 saturated heterocycles. The summed E-state index contributed by atoms with van der Waals surface area (Å²) in [6.07, 6.45) is 3.68. The first-order chi connectivity index (χ1) is 16.9. The summed E-state index contributed by atoms with van der Waals surface area (Å²) in [5.74, 6) is 2.60. The number of aromatic nitrogens is 2. The Balaban J connectivity index is 1.34. The Labute approximate surface area is 208 Å². The van der Waals surface area contributed by atoms with Crippen molar-refractivity contribution in [3.05, 3.63) is 36.4 Å². The molecule has 8 nitrogen and oxygen atoms in total. The van der Waals surface area contributed by atoms with Crippen molar-refractivity contribution < 1.29 is 14.3 Å². The van der Waals surface area contributed by atoms with Crippen LogP contribution in [0.5, 0.6) is 5.75 Å². The van der Waals surface area contributed by atoms with E-state index in [0.717, 1.165) is 48.6 Å². The Bertz CT molecular complexity index is 1010. The van der Waals surface area contributed by atoms with E-state index in [4.69, 9.17) is 4.74 Å². The summed E-state index contributed by atoms with van der Waals surface area (Å²) in [5, 5.41) is 8.89. The second kappa shape index (κ2) is 11.5. The average Bonchev–Trinajstić information content (AvgIpc) is 3.70. The average molecular weight is 480 g/mol. The molecular weight excluding hydrogens is 442 g/mol. The molecule has 1 aliphatic carbocycles. The van der Waals surface area contributed by atoms with E-state index in [0.29, 0.717) is 44.4 Å². The van der Waals surface area contributed by atoms with Crippen LogP contribution < -0.4 is 9.64 Å². The number of carbonyl (C=O) groups is 2. The molecule has 1 saturated carbocycles. The Morgan fingerprint density at radius 3 is 2.60 bits per heavy atom. The fourth-order valence-corrected chi connectivity index (χ4v) is 4.43. The molecule has 0 atom stereocenters. The zero-order valence-electron chi connectivity index (χ0n) is 21.2. The third kappa shape index (κ3) is 6.93.